The molecule has 176 valence electrons. The zero-order valence-corrected chi connectivity index (χ0v) is 19.8. The van der Waals surface area contributed by atoms with Gasteiger partial charge in [-0.15, -0.1) is 0 Å². The number of benzene rings is 3. The zero-order chi connectivity index (χ0) is 24.7. The number of hydrazone groups is 1. The van der Waals surface area contributed by atoms with Crippen molar-refractivity contribution in [2.45, 2.75) is 6.61 Å². The van der Waals surface area contributed by atoms with Gasteiger partial charge in [-0.2, -0.15) is 5.10 Å². The summed E-state index contributed by atoms with van der Waals surface area (Å²) in [6.45, 7) is -0.179. The molecule has 0 aliphatic rings. The number of ether oxygens (including phenoxy) is 2. The maximum absolute atomic E-state index is 14.1. The summed E-state index contributed by atoms with van der Waals surface area (Å²) in [7, 11) is 1.44. The van der Waals surface area contributed by atoms with E-state index in [0.29, 0.717) is 11.3 Å². The molecule has 0 saturated heterocycles. The van der Waals surface area contributed by atoms with Crippen molar-refractivity contribution in [3.8, 4) is 11.5 Å². The smallest absolute Gasteiger partial charge is 0.329 e. The Kier molecular flexibility index (Phi) is 8.70. The molecule has 3 aromatic carbocycles. The maximum atomic E-state index is 14.1. The highest BCUT2D eigenvalue weighted by Crippen LogP contribution is 2.32. The van der Waals surface area contributed by atoms with Crippen LogP contribution in [0.3, 0.4) is 0 Å². The molecule has 0 atom stereocenters. The second-order valence-corrected chi connectivity index (χ2v) is 7.81. The Morgan fingerprint density at radius 3 is 2.44 bits per heavy atom. The number of anilines is 1. The molecule has 0 unspecified atom stereocenters. The highest BCUT2D eigenvalue weighted by atomic mass is 35.5. The number of methoxy groups -OCH3 is 1. The van der Waals surface area contributed by atoms with E-state index in [-0.39, 0.29) is 38.7 Å². The molecule has 0 saturated carbocycles. The fraction of sp³-hybridized carbons (Fsp3) is 0.0870. The van der Waals surface area contributed by atoms with Crippen LogP contribution in [0.5, 0.6) is 11.5 Å². The zero-order valence-electron chi connectivity index (χ0n) is 17.6. The molecule has 2 amide bonds. The van der Waals surface area contributed by atoms with Crippen molar-refractivity contribution in [1.82, 2.24) is 5.43 Å². The Bertz CT molecular complexity index is 1230. The third-order valence-electron chi connectivity index (χ3n) is 4.43. The molecule has 0 fully saturated rings. The molecular weight excluding hydrogens is 508 g/mol. The van der Waals surface area contributed by atoms with E-state index in [0.717, 1.165) is 0 Å². The van der Waals surface area contributed by atoms with E-state index in [1.807, 2.05) is 0 Å². The molecule has 0 aromatic heterocycles. The van der Waals surface area contributed by atoms with Crippen LogP contribution in [-0.2, 0) is 16.2 Å². The number of amides is 2. The van der Waals surface area contributed by atoms with Crippen molar-refractivity contribution in [3.05, 3.63) is 86.6 Å². The Balaban J connectivity index is 1.71. The molecule has 11 heteroatoms. The van der Waals surface area contributed by atoms with Gasteiger partial charge in [-0.3, -0.25) is 9.59 Å². The van der Waals surface area contributed by atoms with Gasteiger partial charge < -0.3 is 14.8 Å². The Labute approximate surface area is 209 Å². The predicted octanol–water partition coefficient (Wildman–Crippen LogP) is 5.46. The Hall–Kier alpha value is -3.33. The van der Waals surface area contributed by atoms with E-state index >= 15 is 0 Å². The van der Waals surface area contributed by atoms with Gasteiger partial charge in [-0.05, 0) is 36.4 Å². The SMILES string of the molecule is COc1cccc(/C=N\NC(=O)C(=O)Nc2cccc(Cl)c2Cl)c1OCc1c(F)cccc1Cl. The minimum absolute atomic E-state index is 0.0990. The molecule has 3 rings (SSSR count). The van der Waals surface area contributed by atoms with Crippen LogP contribution in [0.2, 0.25) is 15.1 Å². The van der Waals surface area contributed by atoms with Gasteiger partial charge in [0.1, 0.15) is 12.4 Å². The average Bonchev–Trinajstić information content (AvgIpc) is 2.82. The van der Waals surface area contributed by atoms with E-state index in [1.54, 1.807) is 30.3 Å². The topological polar surface area (TPSA) is 89.0 Å². The lowest BCUT2D eigenvalue weighted by molar-refractivity contribution is -0.136. The lowest BCUT2D eigenvalue weighted by Gasteiger charge is -2.14. The second kappa shape index (κ2) is 11.7. The van der Waals surface area contributed by atoms with Crippen LogP contribution in [0.1, 0.15) is 11.1 Å². The molecule has 0 spiro atoms. The van der Waals surface area contributed by atoms with Crippen molar-refractivity contribution in [3.63, 3.8) is 0 Å². The Morgan fingerprint density at radius 2 is 1.71 bits per heavy atom. The van der Waals surface area contributed by atoms with Crippen LogP contribution < -0.4 is 20.2 Å². The van der Waals surface area contributed by atoms with Gasteiger partial charge in [0.25, 0.3) is 0 Å². The first-order valence-corrected chi connectivity index (χ1v) is 10.8. The van der Waals surface area contributed by atoms with Crippen LogP contribution in [0, 0.1) is 5.82 Å². The maximum Gasteiger partial charge on any atom is 0.329 e. The molecule has 2 N–H and O–H groups in total. The van der Waals surface area contributed by atoms with E-state index in [4.69, 9.17) is 44.3 Å². The molecule has 0 heterocycles. The van der Waals surface area contributed by atoms with Gasteiger partial charge in [0.15, 0.2) is 11.5 Å². The summed E-state index contributed by atoms with van der Waals surface area (Å²) in [6, 6.07) is 13.8. The number of hydrogen-bond donors (Lipinski definition) is 2. The minimum atomic E-state index is -1.05. The first-order valence-electron chi connectivity index (χ1n) is 9.63. The number of rotatable bonds is 7. The molecule has 3 aromatic rings. The minimum Gasteiger partial charge on any atom is -0.493 e. The number of para-hydroxylation sites is 1. The quantitative estimate of drug-likeness (QED) is 0.244. The van der Waals surface area contributed by atoms with Crippen LogP contribution in [0.4, 0.5) is 10.1 Å². The number of hydrogen-bond acceptors (Lipinski definition) is 5. The van der Waals surface area contributed by atoms with Gasteiger partial charge in [0.2, 0.25) is 0 Å². The predicted molar refractivity (Wildman–Crippen MR) is 130 cm³/mol. The summed E-state index contributed by atoms with van der Waals surface area (Å²) >= 11 is 17.9. The number of halogens is 4. The third-order valence-corrected chi connectivity index (χ3v) is 5.60. The third kappa shape index (κ3) is 6.17. The molecule has 0 radical (unpaired) electrons. The molecule has 7 nitrogen and oxygen atoms in total. The van der Waals surface area contributed by atoms with Crippen LogP contribution in [0.15, 0.2) is 59.7 Å². The average molecular weight is 525 g/mol. The Morgan fingerprint density at radius 1 is 1.00 bits per heavy atom. The number of carbonyl (C=O) groups excluding carboxylic acids is 2. The summed E-state index contributed by atoms with van der Waals surface area (Å²) in [5.41, 5.74) is 2.84. The van der Waals surface area contributed by atoms with E-state index in [9.17, 15) is 14.0 Å². The summed E-state index contributed by atoms with van der Waals surface area (Å²) in [5.74, 6) is -1.99. The van der Waals surface area contributed by atoms with E-state index in [2.05, 4.69) is 15.8 Å². The van der Waals surface area contributed by atoms with E-state index in [1.165, 1.54) is 37.6 Å². The van der Waals surface area contributed by atoms with Crippen LogP contribution in [0.25, 0.3) is 0 Å². The fourth-order valence-corrected chi connectivity index (χ4v) is 3.32. The second-order valence-electron chi connectivity index (χ2n) is 6.62. The monoisotopic (exact) mass is 523 g/mol. The van der Waals surface area contributed by atoms with Crippen molar-refractivity contribution in [1.29, 1.82) is 0 Å². The molecule has 34 heavy (non-hydrogen) atoms. The molecule has 0 bridgehead atoms. The summed E-state index contributed by atoms with van der Waals surface area (Å²) in [4.78, 5) is 24.2. The molecule has 0 aliphatic carbocycles. The van der Waals surface area contributed by atoms with Crippen molar-refractivity contribution >= 4 is 58.5 Å². The first-order chi connectivity index (χ1) is 16.3. The van der Waals surface area contributed by atoms with E-state index < -0.39 is 17.6 Å². The fourth-order valence-electron chi connectivity index (χ4n) is 2.75. The van der Waals surface area contributed by atoms with Crippen molar-refractivity contribution in [2.75, 3.05) is 12.4 Å². The molecular formula is C23H17Cl3FN3O4. The van der Waals surface area contributed by atoms with Gasteiger partial charge in [0.05, 0.1) is 34.1 Å². The lowest BCUT2D eigenvalue weighted by Crippen LogP contribution is -2.32. The van der Waals surface area contributed by atoms with Gasteiger partial charge in [0, 0.05) is 11.1 Å². The molecule has 0 aliphatic heterocycles. The lowest BCUT2D eigenvalue weighted by atomic mass is 10.2. The van der Waals surface area contributed by atoms with Crippen molar-refractivity contribution < 1.29 is 23.5 Å². The van der Waals surface area contributed by atoms with Crippen LogP contribution in [-0.4, -0.2) is 25.1 Å². The van der Waals surface area contributed by atoms with Gasteiger partial charge >= 0.3 is 11.8 Å². The van der Waals surface area contributed by atoms with Gasteiger partial charge in [-0.25, -0.2) is 9.82 Å². The summed E-state index contributed by atoms with van der Waals surface area (Å²) in [6.07, 6.45) is 1.25. The normalized spacial score (nSPS) is 10.7. The standard InChI is InChI=1S/C23H17Cl3FN3O4/c1-33-19-10-2-5-13(21(19)34-12-14-15(24)6-3-8-17(14)27)11-28-30-23(32)22(31)29-18-9-4-7-16(25)20(18)26/h2-11H,12H2,1H3,(H,29,31)(H,30,32)/b28-11-. The van der Waals surface area contributed by atoms with Crippen LogP contribution >= 0.6 is 34.8 Å². The highest BCUT2D eigenvalue weighted by molar-refractivity contribution is 6.45. The number of nitrogens with one attached hydrogen (secondary N) is 2. The summed E-state index contributed by atoms with van der Waals surface area (Å²) < 4.78 is 25.1. The largest absolute Gasteiger partial charge is 0.493 e. The summed E-state index contributed by atoms with van der Waals surface area (Å²) in [5, 5.41) is 6.67. The number of carbonyl (C=O) groups is 2. The number of nitrogens with zero attached hydrogens (tertiary/aromatic N) is 1. The highest BCUT2D eigenvalue weighted by Gasteiger charge is 2.16. The van der Waals surface area contributed by atoms with Gasteiger partial charge in [-0.1, -0.05) is 53.0 Å². The van der Waals surface area contributed by atoms with Crippen molar-refractivity contribution in [2.24, 2.45) is 5.10 Å². The first kappa shape index (κ1) is 25.3.